The SMILES string of the molecule is CNc1cccc(CNCCC(=O)NCc2cccc(NC)c2)c1. The average Bonchev–Trinajstić information content (AvgIpc) is 2.64. The molecule has 0 aliphatic rings. The topological polar surface area (TPSA) is 65.2 Å². The van der Waals surface area contributed by atoms with Gasteiger partial charge < -0.3 is 21.3 Å². The van der Waals surface area contributed by atoms with E-state index in [9.17, 15) is 4.79 Å². The van der Waals surface area contributed by atoms with Crippen LogP contribution in [0.3, 0.4) is 0 Å². The van der Waals surface area contributed by atoms with Gasteiger partial charge in [-0.25, -0.2) is 0 Å². The fourth-order valence-corrected chi connectivity index (χ4v) is 2.40. The molecule has 0 saturated carbocycles. The fourth-order valence-electron chi connectivity index (χ4n) is 2.40. The quantitative estimate of drug-likeness (QED) is 0.535. The van der Waals surface area contributed by atoms with Crippen molar-refractivity contribution in [3.63, 3.8) is 0 Å². The Bertz CT molecular complexity index is 657. The summed E-state index contributed by atoms with van der Waals surface area (Å²) in [7, 11) is 3.79. The molecule has 2 aromatic carbocycles. The number of hydrogen-bond donors (Lipinski definition) is 4. The van der Waals surface area contributed by atoms with E-state index >= 15 is 0 Å². The predicted molar refractivity (Wildman–Crippen MR) is 100 cm³/mol. The van der Waals surface area contributed by atoms with E-state index in [0.29, 0.717) is 19.5 Å². The van der Waals surface area contributed by atoms with Crippen molar-refractivity contribution >= 4 is 17.3 Å². The number of carbonyl (C=O) groups excluding carboxylic acids is 1. The summed E-state index contributed by atoms with van der Waals surface area (Å²) in [5.41, 5.74) is 4.43. The molecule has 2 rings (SSSR count). The normalized spacial score (nSPS) is 10.2. The highest BCUT2D eigenvalue weighted by Crippen LogP contribution is 2.10. The van der Waals surface area contributed by atoms with Gasteiger partial charge in [-0.15, -0.1) is 0 Å². The van der Waals surface area contributed by atoms with Crippen molar-refractivity contribution in [1.29, 1.82) is 0 Å². The highest BCUT2D eigenvalue weighted by Gasteiger charge is 2.02. The van der Waals surface area contributed by atoms with Crippen molar-refractivity contribution < 1.29 is 4.79 Å². The van der Waals surface area contributed by atoms with Gasteiger partial charge in [0.05, 0.1) is 0 Å². The monoisotopic (exact) mass is 326 g/mol. The molecule has 128 valence electrons. The molecule has 1 amide bonds. The van der Waals surface area contributed by atoms with E-state index in [1.165, 1.54) is 5.56 Å². The molecule has 5 nitrogen and oxygen atoms in total. The molecule has 0 spiro atoms. The van der Waals surface area contributed by atoms with Crippen LogP contribution in [-0.2, 0) is 17.9 Å². The summed E-state index contributed by atoms with van der Waals surface area (Å²) in [4.78, 5) is 11.9. The van der Waals surface area contributed by atoms with Crippen LogP contribution in [0.15, 0.2) is 48.5 Å². The minimum absolute atomic E-state index is 0.0568. The van der Waals surface area contributed by atoms with Gasteiger partial charge in [-0.3, -0.25) is 4.79 Å². The summed E-state index contributed by atoms with van der Waals surface area (Å²) in [5.74, 6) is 0.0568. The molecule has 4 N–H and O–H groups in total. The van der Waals surface area contributed by atoms with Crippen LogP contribution < -0.4 is 21.3 Å². The van der Waals surface area contributed by atoms with Crippen LogP contribution in [0.25, 0.3) is 0 Å². The van der Waals surface area contributed by atoms with Gasteiger partial charge in [0, 0.05) is 51.5 Å². The number of amides is 1. The smallest absolute Gasteiger partial charge is 0.221 e. The lowest BCUT2D eigenvalue weighted by Crippen LogP contribution is -2.27. The number of anilines is 2. The molecule has 0 aliphatic carbocycles. The van der Waals surface area contributed by atoms with Crippen LogP contribution >= 0.6 is 0 Å². The fraction of sp³-hybridized carbons (Fsp3) is 0.316. The first kappa shape index (κ1) is 17.8. The summed E-state index contributed by atoms with van der Waals surface area (Å²) >= 11 is 0. The maximum atomic E-state index is 11.9. The van der Waals surface area contributed by atoms with Gasteiger partial charge in [-0.05, 0) is 35.4 Å². The molecule has 0 aromatic heterocycles. The Kier molecular flexibility index (Phi) is 7.11. The lowest BCUT2D eigenvalue weighted by atomic mass is 10.2. The van der Waals surface area contributed by atoms with Gasteiger partial charge in [0.15, 0.2) is 0 Å². The van der Waals surface area contributed by atoms with Gasteiger partial charge in [0.2, 0.25) is 5.91 Å². The molecule has 2 aromatic rings. The molecule has 0 heterocycles. The summed E-state index contributed by atoms with van der Waals surface area (Å²) in [6.07, 6.45) is 0.470. The largest absolute Gasteiger partial charge is 0.388 e. The van der Waals surface area contributed by atoms with Crippen LogP contribution in [0.1, 0.15) is 17.5 Å². The van der Waals surface area contributed by atoms with Crippen molar-refractivity contribution in [2.45, 2.75) is 19.5 Å². The first-order valence-electron chi connectivity index (χ1n) is 8.22. The third-order valence-electron chi connectivity index (χ3n) is 3.78. The average molecular weight is 326 g/mol. The third kappa shape index (κ3) is 5.93. The molecule has 0 fully saturated rings. The standard InChI is InChI=1S/C19H26N4O/c1-20-17-7-3-5-15(11-17)13-22-10-9-19(24)23-14-16-6-4-8-18(12-16)21-2/h3-8,11-12,20-22H,9-10,13-14H2,1-2H3,(H,23,24). The van der Waals surface area contributed by atoms with Crippen LogP contribution in [0.4, 0.5) is 11.4 Å². The second-order valence-electron chi connectivity index (χ2n) is 5.60. The zero-order chi connectivity index (χ0) is 17.2. The number of rotatable bonds is 9. The Hall–Kier alpha value is -2.53. The number of carbonyl (C=O) groups is 1. The van der Waals surface area contributed by atoms with Gasteiger partial charge in [0.25, 0.3) is 0 Å². The second-order valence-corrected chi connectivity index (χ2v) is 5.60. The van der Waals surface area contributed by atoms with E-state index in [2.05, 4.69) is 33.4 Å². The lowest BCUT2D eigenvalue weighted by molar-refractivity contribution is -0.121. The van der Waals surface area contributed by atoms with Crippen molar-refractivity contribution in [2.75, 3.05) is 31.3 Å². The van der Waals surface area contributed by atoms with Crippen LogP contribution in [0.5, 0.6) is 0 Å². The molecule has 0 saturated heterocycles. The predicted octanol–water partition coefficient (Wildman–Crippen LogP) is 2.57. The Morgan fingerprint density at radius 2 is 1.46 bits per heavy atom. The first-order chi connectivity index (χ1) is 11.7. The highest BCUT2D eigenvalue weighted by molar-refractivity contribution is 5.76. The van der Waals surface area contributed by atoms with Crippen LogP contribution in [0, 0.1) is 0 Å². The Balaban J connectivity index is 1.65. The zero-order valence-corrected chi connectivity index (χ0v) is 14.4. The number of benzene rings is 2. The van der Waals surface area contributed by atoms with Crippen LogP contribution in [-0.4, -0.2) is 26.5 Å². The molecule has 0 aliphatic heterocycles. The Morgan fingerprint density at radius 3 is 2.04 bits per heavy atom. The van der Waals surface area contributed by atoms with Crippen molar-refractivity contribution in [2.24, 2.45) is 0 Å². The zero-order valence-electron chi connectivity index (χ0n) is 14.4. The van der Waals surface area contributed by atoms with E-state index in [1.54, 1.807) is 0 Å². The molecule has 24 heavy (non-hydrogen) atoms. The summed E-state index contributed by atoms with van der Waals surface area (Å²) in [6, 6.07) is 16.2. The second kappa shape index (κ2) is 9.57. The van der Waals surface area contributed by atoms with E-state index in [0.717, 1.165) is 23.5 Å². The van der Waals surface area contributed by atoms with Crippen LogP contribution in [0.2, 0.25) is 0 Å². The van der Waals surface area contributed by atoms with E-state index < -0.39 is 0 Å². The first-order valence-corrected chi connectivity index (χ1v) is 8.22. The summed E-state index contributed by atoms with van der Waals surface area (Å²) in [6.45, 7) is 1.97. The van der Waals surface area contributed by atoms with Crippen molar-refractivity contribution in [3.05, 3.63) is 59.7 Å². The van der Waals surface area contributed by atoms with Crippen molar-refractivity contribution in [1.82, 2.24) is 10.6 Å². The Labute approximate surface area is 143 Å². The Morgan fingerprint density at radius 1 is 0.875 bits per heavy atom. The maximum absolute atomic E-state index is 11.9. The van der Waals surface area contributed by atoms with Gasteiger partial charge in [0.1, 0.15) is 0 Å². The lowest BCUT2D eigenvalue weighted by Gasteiger charge is -2.09. The van der Waals surface area contributed by atoms with E-state index in [4.69, 9.17) is 0 Å². The molecular weight excluding hydrogens is 300 g/mol. The minimum Gasteiger partial charge on any atom is -0.388 e. The van der Waals surface area contributed by atoms with E-state index in [1.807, 2.05) is 50.5 Å². The summed E-state index contributed by atoms with van der Waals surface area (Å²) in [5, 5.41) is 12.5. The van der Waals surface area contributed by atoms with Gasteiger partial charge in [-0.2, -0.15) is 0 Å². The minimum atomic E-state index is 0.0568. The highest BCUT2D eigenvalue weighted by atomic mass is 16.1. The van der Waals surface area contributed by atoms with E-state index in [-0.39, 0.29) is 5.91 Å². The number of hydrogen-bond acceptors (Lipinski definition) is 4. The van der Waals surface area contributed by atoms with Gasteiger partial charge in [-0.1, -0.05) is 24.3 Å². The molecule has 0 radical (unpaired) electrons. The molecule has 0 bridgehead atoms. The van der Waals surface area contributed by atoms with Crippen molar-refractivity contribution in [3.8, 4) is 0 Å². The maximum Gasteiger partial charge on any atom is 0.221 e. The molecule has 0 atom stereocenters. The molecular formula is C19H26N4O. The molecule has 0 unspecified atom stereocenters. The van der Waals surface area contributed by atoms with Gasteiger partial charge >= 0.3 is 0 Å². The molecule has 5 heteroatoms. The number of nitrogens with one attached hydrogen (secondary N) is 4. The summed E-state index contributed by atoms with van der Waals surface area (Å²) < 4.78 is 0. The third-order valence-corrected chi connectivity index (χ3v) is 3.78.